The van der Waals surface area contributed by atoms with Gasteiger partial charge >= 0.3 is 0 Å². The number of hydrogen-bond donors (Lipinski definition) is 3. The molecule has 4 N–H and O–H groups in total. The molecule has 0 radical (unpaired) electrons. The highest BCUT2D eigenvalue weighted by molar-refractivity contribution is 5.97. The van der Waals surface area contributed by atoms with Crippen LogP contribution in [0.25, 0.3) is 11.3 Å². The largest absolute Gasteiger partial charge is 0.380 e. The van der Waals surface area contributed by atoms with Crippen molar-refractivity contribution in [3.8, 4) is 11.3 Å². The zero-order valence-electron chi connectivity index (χ0n) is 15.0. The summed E-state index contributed by atoms with van der Waals surface area (Å²) in [6.45, 7) is 0.439. The van der Waals surface area contributed by atoms with E-state index in [1.165, 1.54) is 12.1 Å². The lowest BCUT2D eigenvalue weighted by Crippen LogP contribution is -2.46. The molecule has 3 aromatic rings. The fraction of sp³-hybridized carbons (Fsp3) is 0.150. The molecule has 0 atom stereocenters. The molecule has 0 spiro atoms. The molecule has 2 heterocycles. The number of carbonyl (C=O) groups excluding carboxylic acids is 1. The molecule has 1 fully saturated rings. The SMILES string of the molecule is NC(=O)c1nnc(-c2c(F)cccc2F)cc1Nc1ccc(C2(O)COC2)cc1. The Bertz CT molecular complexity index is 1070. The van der Waals surface area contributed by atoms with E-state index in [9.17, 15) is 18.7 Å². The van der Waals surface area contributed by atoms with Crippen molar-refractivity contribution >= 4 is 17.3 Å². The summed E-state index contributed by atoms with van der Waals surface area (Å²) in [5, 5.41) is 20.7. The number of nitrogens with two attached hydrogens (primary N) is 1. The summed E-state index contributed by atoms with van der Waals surface area (Å²) >= 11 is 0. The van der Waals surface area contributed by atoms with Crippen molar-refractivity contribution in [2.24, 2.45) is 5.73 Å². The highest BCUT2D eigenvalue weighted by Crippen LogP contribution is 2.32. The maximum atomic E-state index is 14.1. The van der Waals surface area contributed by atoms with Crippen LogP contribution in [0, 0.1) is 11.6 Å². The zero-order chi connectivity index (χ0) is 20.6. The molecule has 1 saturated heterocycles. The number of amides is 1. The number of aromatic nitrogens is 2. The number of nitrogens with one attached hydrogen (secondary N) is 1. The first-order valence-electron chi connectivity index (χ1n) is 8.67. The topological polar surface area (TPSA) is 110 Å². The van der Waals surface area contributed by atoms with Gasteiger partial charge in [-0.25, -0.2) is 8.78 Å². The van der Waals surface area contributed by atoms with Crippen molar-refractivity contribution in [3.63, 3.8) is 0 Å². The first-order valence-corrected chi connectivity index (χ1v) is 8.67. The van der Waals surface area contributed by atoms with Crippen LogP contribution >= 0.6 is 0 Å². The third-order valence-corrected chi connectivity index (χ3v) is 4.63. The maximum Gasteiger partial charge on any atom is 0.271 e. The maximum absolute atomic E-state index is 14.1. The van der Waals surface area contributed by atoms with Crippen molar-refractivity contribution in [2.75, 3.05) is 18.5 Å². The van der Waals surface area contributed by atoms with Gasteiger partial charge in [-0.2, -0.15) is 0 Å². The average Bonchev–Trinajstić information content (AvgIpc) is 2.66. The molecule has 0 bridgehead atoms. The molecule has 1 aromatic heterocycles. The summed E-state index contributed by atoms with van der Waals surface area (Å²) in [6, 6.07) is 11.5. The van der Waals surface area contributed by atoms with Gasteiger partial charge in [-0.1, -0.05) is 18.2 Å². The van der Waals surface area contributed by atoms with E-state index in [0.29, 0.717) is 11.3 Å². The van der Waals surface area contributed by atoms with Crippen LogP contribution in [-0.4, -0.2) is 34.4 Å². The van der Waals surface area contributed by atoms with E-state index in [1.807, 2.05) is 0 Å². The van der Waals surface area contributed by atoms with Crippen LogP contribution in [0.4, 0.5) is 20.2 Å². The molecule has 1 amide bonds. The van der Waals surface area contributed by atoms with E-state index in [0.717, 1.165) is 12.1 Å². The third kappa shape index (κ3) is 3.53. The van der Waals surface area contributed by atoms with Gasteiger partial charge in [-0.15, -0.1) is 10.2 Å². The van der Waals surface area contributed by atoms with Gasteiger partial charge in [0.15, 0.2) is 5.69 Å². The normalized spacial score (nSPS) is 14.9. The molecular weight excluding hydrogens is 382 g/mol. The van der Waals surface area contributed by atoms with Crippen molar-refractivity contribution in [1.82, 2.24) is 10.2 Å². The molecule has 0 saturated carbocycles. The Kier molecular flexibility index (Phi) is 4.69. The molecule has 29 heavy (non-hydrogen) atoms. The average molecular weight is 398 g/mol. The molecule has 9 heteroatoms. The van der Waals surface area contributed by atoms with Crippen LogP contribution in [0.1, 0.15) is 16.1 Å². The smallest absolute Gasteiger partial charge is 0.271 e. The number of ether oxygens (including phenoxy) is 1. The van der Waals surface area contributed by atoms with Crippen LogP contribution in [-0.2, 0) is 10.3 Å². The first kappa shape index (κ1) is 18.9. The lowest BCUT2D eigenvalue weighted by molar-refractivity contribution is -0.184. The second-order valence-electron chi connectivity index (χ2n) is 6.68. The third-order valence-electron chi connectivity index (χ3n) is 4.63. The number of halogens is 2. The molecule has 7 nitrogen and oxygen atoms in total. The van der Waals surface area contributed by atoms with Gasteiger partial charge in [-0.3, -0.25) is 4.79 Å². The minimum absolute atomic E-state index is 0.0920. The number of nitrogens with zero attached hydrogens (tertiary/aromatic N) is 2. The van der Waals surface area contributed by atoms with Gasteiger partial charge in [0, 0.05) is 5.69 Å². The summed E-state index contributed by atoms with van der Waals surface area (Å²) in [5.41, 5.74) is 5.08. The van der Waals surface area contributed by atoms with E-state index in [2.05, 4.69) is 15.5 Å². The van der Waals surface area contributed by atoms with E-state index < -0.39 is 23.1 Å². The molecule has 1 aliphatic heterocycles. The molecule has 0 unspecified atom stereocenters. The summed E-state index contributed by atoms with van der Waals surface area (Å²) in [5.74, 6) is -2.46. The number of aliphatic hydroxyl groups is 1. The summed E-state index contributed by atoms with van der Waals surface area (Å²) < 4.78 is 33.2. The van der Waals surface area contributed by atoms with Crippen molar-refractivity contribution in [3.05, 3.63) is 71.4 Å². The Balaban J connectivity index is 1.69. The lowest BCUT2D eigenvalue weighted by Gasteiger charge is -2.36. The van der Waals surface area contributed by atoms with Gasteiger partial charge < -0.3 is 20.9 Å². The molecule has 0 aliphatic carbocycles. The first-order chi connectivity index (χ1) is 13.9. The van der Waals surface area contributed by atoms with E-state index >= 15 is 0 Å². The standard InChI is InChI=1S/C20H16F2N4O3/c21-13-2-1-3-14(22)17(13)15-8-16(18(19(23)27)26-25-15)24-12-6-4-11(5-7-12)20(28)9-29-10-20/h1-8,28H,9-10H2,(H2,23,27)(H,24,25). The van der Waals surface area contributed by atoms with Gasteiger partial charge in [0.1, 0.15) is 22.9 Å². The number of primary amides is 1. The zero-order valence-corrected chi connectivity index (χ0v) is 15.0. The molecular formula is C20H16F2N4O3. The number of anilines is 2. The highest BCUT2D eigenvalue weighted by Gasteiger charge is 2.37. The van der Waals surface area contributed by atoms with E-state index in [4.69, 9.17) is 10.5 Å². The molecule has 1 aliphatic rings. The quantitative estimate of drug-likeness (QED) is 0.609. The van der Waals surface area contributed by atoms with Crippen molar-refractivity contribution in [2.45, 2.75) is 5.60 Å². The van der Waals surface area contributed by atoms with Crippen LogP contribution in [0.2, 0.25) is 0 Å². The number of hydrogen-bond acceptors (Lipinski definition) is 6. The van der Waals surface area contributed by atoms with Crippen molar-refractivity contribution in [1.29, 1.82) is 0 Å². The van der Waals surface area contributed by atoms with Crippen LogP contribution < -0.4 is 11.1 Å². The lowest BCUT2D eigenvalue weighted by atomic mass is 9.92. The van der Waals surface area contributed by atoms with Gasteiger partial charge in [0.2, 0.25) is 0 Å². The summed E-state index contributed by atoms with van der Waals surface area (Å²) in [6.07, 6.45) is 0. The molecule has 2 aromatic carbocycles. The number of carbonyl (C=O) groups is 1. The van der Waals surface area contributed by atoms with Crippen LogP contribution in [0.3, 0.4) is 0 Å². The minimum Gasteiger partial charge on any atom is -0.380 e. The van der Waals surface area contributed by atoms with E-state index in [-0.39, 0.29) is 35.9 Å². The summed E-state index contributed by atoms with van der Waals surface area (Å²) in [4.78, 5) is 11.7. The summed E-state index contributed by atoms with van der Waals surface area (Å²) in [7, 11) is 0. The van der Waals surface area contributed by atoms with Gasteiger partial charge in [0.25, 0.3) is 5.91 Å². The van der Waals surface area contributed by atoms with Crippen LogP contribution in [0.5, 0.6) is 0 Å². The van der Waals surface area contributed by atoms with Crippen LogP contribution in [0.15, 0.2) is 48.5 Å². The Hall–Kier alpha value is -3.43. The predicted octanol–water partition coefficient (Wildman–Crippen LogP) is 2.48. The number of benzene rings is 2. The van der Waals surface area contributed by atoms with E-state index in [1.54, 1.807) is 24.3 Å². The minimum atomic E-state index is -1.01. The molecule has 148 valence electrons. The Morgan fingerprint density at radius 2 is 1.76 bits per heavy atom. The Labute approximate surface area is 164 Å². The fourth-order valence-corrected chi connectivity index (χ4v) is 3.02. The Morgan fingerprint density at radius 3 is 2.31 bits per heavy atom. The predicted molar refractivity (Wildman–Crippen MR) is 100 cm³/mol. The second-order valence-corrected chi connectivity index (χ2v) is 6.68. The van der Waals surface area contributed by atoms with Crippen molar-refractivity contribution < 1.29 is 23.4 Å². The second kappa shape index (κ2) is 7.19. The fourth-order valence-electron chi connectivity index (χ4n) is 3.02. The van der Waals surface area contributed by atoms with Gasteiger partial charge in [0.05, 0.1) is 24.5 Å². The molecule has 4 rings (SSSR count). The Morgan fingerprint density at radius 1 is 1.10 bits per heavy atom. The number of rotatable bonds is 5. The highest BCUT2D eigenvalue weighted by atomic mass is 19.1. The van der Waals surface area contributed by atoms with Gasteiger partial charge in [-0.05, 0) is 35.9 Å². The monoisotopic (exact) mass is 398 g/mol.